The quantitative estimate of drug-likeness (QED) is 0.0142. The molecule has 1 aromatic heterocycles. The zero-order valence-electron chi connectivity index (χ0n) is 85.0. The number of aliphatic imine (C=N–C) groups is 2. The first-order valence-corrected chi connectivity index (χ1v) is 50.4. The van der Waals surface area contributed by atoms with E-state index in [0.29, 0.717) is 47.0 Å². The Morgan fingerprint density at radius 2 is 1.06 bits per heavy atom. The highest BCUT2D eigenvalue weighted by molar-refractivity contribution is 6.03. The number of imide groups is 1. The number of allylic oxidation sites excluding steroid dienone is 1. The summed E-state index contributed by atoms with van der Waals surface area (Å²) in [5.74, 6) is -18.2. The van der Waals surface area contributed by atoms with Gasteiger partial charge >= 0.3 is 17.9 Å². The maximum atomic E-state index is 14.9. The van der Waals surface area contributed by atoms with Crippen molar-refractivity contribution in [1.82, 2.24) is 94.5 Å². The SMILES string of the molecule is CC(=O)N[C@H]1CNC(=O)C[C@@H](C(=O)N2CCC[C@H]2C(=O)N[C@@H](CO)C(C)=O)NC(=O)[C@H](Cc2c[nH]c3ccccc23)NC(=O)[C@H](CCCN=C(N)N)NC(=O)[C@@H](Cc2ccccc2)NC(=O)[C@H](CC2=CCC=N2)NC1=O.CN[C@@H](CO)C(=O)N[C@@H](CO)C(=O)N[C@@H](CCCCN(CC(=O)O)CC(=O)O)C(=O)N[C@@H](CO)C(=O)N[C@@H](CO)C(=O)NC(=O)COCCOCCNC(=O)CCCCCCCCCCCCCCCCC(=O)O. The fraction of sp³-hybridized carbons (Fsp3) is 0.612. The lowest BCUT2D eigenvalue weighted by Gasteiger charge is -2.31. The number of aliphatic hydroxyl groups is 5. The van der Waals surface area contributed by atoms with E-state index >= 15 is 0 Å². The number of fused-ring (bicyclic) bond motifs is 1. The number of para-hydroxylation sites is 1. The first-order valence-electron chi connectivity index (χ1n) is 50.4. The number of hydrogen-bond acceptors (Lipinski definition) is 31. The molecule has 3 aromatic rings. The normalized spacial score (nSPS) is 18.3. The molecule has 0 radical (unpaired) electrons. The number of amides is 16. The third kappa shape index (κ3) is 49.0. The Hall–Kier alpha value is -13.9. The summed E-state index contributed by atoms with van der Waals surface area (Å²) in [5.41, 5.74) is 13.5. The van der Waals surface area contributed by atoms with Crippen LogP contribution >= 0.6 is 0 Å². The highest BCUT2D eigenvalue weighted by Crippen LogP contribution is 2.24. The number of Topliss-reactive ketones (excluding diaryl/α,β-unsaturated/α-hetero) is 1. The Labute approximate surface area is 867 Å². The maximum Gasteiger partial charge on any atom is 0.317 e. The summed E-state index contributed by atoms with van der Waals surface area (Å²) in [5, 5.41) is 113. The van der Waals surface area contributed by atoms with Crippen molar-refractivity contribution in [1.29, 1.82) is 0 Å². The van der Waals surface area contributed by atoms with Crippen LogP contribution in [0.25, 0.3) is 10.9 Å². The Bertz CT molecular complexity index is 4980. The number of nitrogens with zero attached hydrogens (tertiary/aromatic N) is 4. The number of rotatable bonds is 64. The highest BCUT2D eigenvalue weighted by atomic mass is 16.5. The highest BCUT2D eigenvalue weighted by Gasteiger charge is 2.43. The van der Waals surface area contributed by atoms with Crippen molar-refractivity contribution in [3.63, 3.8) is 0 Å². The largest absolute Gasteiger partial charge is 0.481 e. The van der Waals surface area contributed by atoms with Crippen molar-refractivity contribution in [3.05, 3.63) is 83.7 Å². The molecule has 4 heterocycles. The number of aromatic amines is 1. The predicted octanol–water partition coefficient (Wildman–Crippen LogP) is -5.50. The van der Waals surface area contributed by atoms with Crippen LogP contribution < -0.4 is 91.2 Å². The van der Waals surface area contributed by atoms with Crippen molar-refractivity contribution >= 4 is 141 Å². The molecule has 16 amide bonds. The van der Waals surface area contributed by atoms with E-state index < -0.39 is 257 Å². The number of ether oxygens (including phenoxy) is 2. The number of H-pyrrole nitrogens is 1. The summed E-state index contributed by atoms with van der Waals surface area (Å²) in [6.45, 7) is -4.16. The van der Waals surface area contributed by atoms with Crippen molar-refractivity contribution in [2.75, 3.05) is 112 Å². The van der Waals surface area contributed by atoms with Gasteiger partial charge in [0.25, 0.3) is 11.8 Å². The first kappa shape index (κ1) is 127. The number of nitrogens with one attached hydrogen (secondary N) is 16. The van der Waals surface area contributed by atoms with E-state index in [4.69, 9.17) is 36.3 Å². The molecule has 3 aliphatic rings. The van der Waals surface area contributed by atoms with Gasteiger partial charge in [-0.3, -0.25) is 116 Å². The Kier molecular flexibility index (Phi) is 59.8. The fourth-order valence-electron chi connectivity index (χ4n) is 16.3. The molecule has 150 heavy (non-hydrogen) atoms. The van der Waals surface area contributed by atoms with Crippen molar-refractivity contribution < 1.29 is 146 Å². The van der Waals surface area contributed by atoms with E-state index in [9.17, 15) is 121 Å². The van der Waals surface area contributed by atoms with E-state index in [0.717, 1.165) is 61.7 Å². The van der Waals surface area contributed by atoms with Crippen molar-refractivity contribution in [2.24, 2.45) is 21.5 Å². The van der Waals surface area contributed by atoms with Crippen LogP contribution in [0.15, 0.2) is 82.6 Å². The summed E-state index contributed by atoms with van der Waals surface area (Å²) in [6.07, 6.45) is 20.5. The second-order valence-electron chi connectivity index (χ2n) is 36.3. The standard InChI is InChI=1S/C51H66N14O11.C47H84N8O19/c1-28(67)41(27-66)64-49(75)42-17-10-20-65(42)50(76)39-24-43(69)57-26-40(58-29(2)68)48(74)62-38(23-32-13-8-18-54-32)47(73)60-36(21-30-11-4-3-5-12-30)45(71)59-35(16-9-19-55-51(52)53)44(70)61-37(46(72)63-39)22-31-25-56-34-15-7-6-14-33(31)34;1-48-34(28-56)44(69)52-35(29-57)45(70)50-33(18-16-17-22-55(26-41(64)65)27-42(66)67)43(68)51-36(30-58)46(71)53-37(31-59)47(72)54-39(61)32-74-25-24-73-23-21-49-38(60)19-14-12-10-8-6-4-2-3-5-7-9-11-13-15-20-40(62)63/h3-7,11-15,18,25,35-42,56,66H,8-10,16-17,19-24,26-27H2,1-2H3,(H,57,69)(H,58,68)(H,59,71)(H,60,73)(H,61,70)(H,62,74)(H,63,72)(H,64,75)(H4,52,53,55);33-37,48,56-59H,2-32H2,1H3,(H,49,60)(H,50,70)(H,51,68)(H,52,69)(H,53,71)(H,62,63)(H,64,65)(H,66,67)(H,54,61,72)/t35-,36+,37-,38-,39-,40-,41-,42-;33-,34-,35-,36-,37-/m00/s1. The molecule has 28 N–H and O–H groups in total. The van der Waals surface area contributed by atoms with Crippen molar-refractivity contribution in [2.45, 2.75) is 272 Å². The summed E-state index contributed by atoms with van der Waals surface area (Å²) < 4.78 is 10.6. The summed E-state index contributed by atoms with van der Waals surface area (Å²) in [6, 6.07) is -3.55. The zero-order chi connectivity index (χ0) is 110. The van der Waals surface area contributed by atoms with Gasteiger partial charge in [-0.2, -0.15) is 0 Å². The first-order chi connectivity index (χ1) is 71.8. The molecule has 2 aromatic carbocycles. The number of aliphatic hydroxyl groups excluding tert-OH is 5. The van der Waals surface area contributed by atoms with Crippen LogP contribution in [0.3, 0.4) is 0 Å². The lowest BCUT2D eigenvalue weighted by Crippen LogP contribution is -2.62. The van der Waals surface area contributed by atoms with Gasteiger partial charge in [0.2, 0.25) is 82.7 Å². The van der Waals surface area contributed by atoms with Gasteiger partial charge in [0.1, 0.15) is 85.2 Å². The third-order valence-electron chi connectivity index (χ3n) is 24.4. The van der Waals surface area contributed by atoms with Gasteiger partial charge < -0.3 is 146 Å². The molecule has 52 heteroatoms. The van der Waals surface area contributed by atoms with Crippen LogP contribution in [-0.2, 0) is 118 Å². The van der Waals surface area contributed by atoms with E-state index in [2.05, 4.69) is 89.4 Å². The van der Waals surface area contributed by atoms with Gasteiger partial charge in [-0.15, -0.1) is 0 Å². The van der Waals surface area contributed by atoms with E-state index in [1.165, 1.54) is 58.9 Å². The average Bonchev–Trinajstić information content (AvgIpc) is 1.65. The van der Waals surface area contributed by atoms with Gasteiger partial charge in [0.15, 0.2) is 11.7 Å². The number of aliphatic carboxylic acids is 3. The molecule has 52 nitrogen and oxygen atoms in total. The van der Waals surface area contributed by atoms with Crippen LogP contribution in [-0.4, -0.2) is 377 Å². The number of carbonyl (C=O) groups excluding carboxylic acids is 17. The van der Waals surface area contributed by atoms with Crippen LogP contribution in [0.1, 0.15) is 192 Å². The van der Waals surface area contributed by atoms with Crippen LogP contribution in [0.4, 0.5) is 0 Å². The minimum Gasteiger partial charge on any atom is -0.481 e. The smallest absolute Gasteiger partial charge is 0.317 e. The van der Waals surface area contributed by atoms with Crippen molar-refractivity contribution in [3.8, 4) is 0 Å². The second kappa shape index (κ2) is 70.9. The Morgan fingerprint density at radius 1 is 0.540 bits per heavy atom. The van der Waals surface area contributed by atoms with Gasteiger partial charge in [-0.05, 0) is 95.5 Å². The molecule has 0 aliphatic carbocycles. The number of hydrogen-bond donors (Lipinski definition) is 26. The lowest BCUT2D eigenvalue weighted by molar-refractivity contribution is -0.143. The molecule has 0 spiro atoms. The molecular formula is C98H150N22O30. The number of carboxylic acids is 3. The van der Waals surface area contributed by atoms with Crippen LogP contribution in [0.5, 0.6) is 0 Å². The predicted molar refractivity (Wildman–Crippen MR) is 541 cm³/mol. The lowest BCUT2D eigenvalue weighted by atomic mass is 10.0. The van der Waals surface area contributed by atoms with Gasteiger partial charge in [-0.1, -0.05) is 132 Å². The number of likely N-dealkylation sites (N-methyl/N-ethyl adjacent to an activating group) is 1. The second-order valence-corrected chi connectivity index (χ2v) is 36.3. The summed E-state index contributed by atoms with van der Waals surface area (Å²) in [7, 11) is 1.35. The number of unbranched alkanes of at least 4 members (excludes halogenated alkanes) is 14. The molecule has 0 bridgehead atoms. The molecule has 3 aliphatic heterocycles. The molecule has 0 saturated carbocycles. The number of carbonyl (C=O) groups is 20. The number of nitrogens with two attached hydrogens (primary N) is 2. The molecule has 2 fully saturated rings. The molecule has 6 rings (SSSR count). The Morgan fingerprint density at radius 3 is 1.62 bits per heavy atom. The monoisotopic (exact) mass is 2120 g/mol. The van der Waals surface area contributed by atoms with E-state index in [-0.39, 0.29) is 122 Å². The minimum atomic E-state index is -1.81. The molecule has 2 saturated heterocycles. The molecular weight excluding hydrogens is 1970 g/mol. The average molecular weight is 2120 g/mol. The zero-order valence-corrected chi connectivity index (χ0v) is 85.0. The fourth-order valence-corrected chi connectivity index (χ4v) is 16.3. The number of guanidine groups is 1. The van der Waals surface area contributed by atoms with Gasteiger partial charge in [0, 0.05) is 101 Å². The van der Waals surface area contributed by atoms with Crippen LogP contribution in [0.2, 0.25) is 0 Å². The summed E-state index contributed by atoms with van der Waals surface area (Å²) >= 11 is 0. The minimum absolute atomic E-state index is 0.0154. The molecule has 0 unspecified atom stereocenters. The summed E-state index contributed by atoms with van der Waals surface area (Å²) in [4.78, 5) is 276. The van der Waals surface area contributed by atoms with Gasteiger partial charge in [0.05, 0.1) is 72.4 Å². The van der Waals surface area contributed by atoms with E-state index in [1.54, 1.807) is 73.1 Å². The topological polar surface area (TPSA) is 801 Å². The van der Waals surface area contributed by atoms with Gasteiger partial charge in [-0.25, -0.2) is 0 Å². The van der Waals surface area contributed by atoms with Crippen LogP contribution in [0, 0.1) is 0 Å². The molecule has 13 atom stereocenters. The number of benzene rings is 2. The maximum absolute atomic E-state index is 14.9. The Balaban J connectivity index is 0.000000527. The number of likely N-dealkylation sites (tertiary alicyclic amines) is 1. The third-order valence-corrected chi connectivity index (χ3v) is 24.4. The number of carboxylic acid groups (broad SMARTS) is 3. The number of ketones is 1. The molecule has 832 valence electrons. The number of aromatic nitrogens is 1. The van der Waals surface area contributed by atoms with E-state index in [1.807, 2.05) is 5.32 Å².